The van der Waals surface area contributed by atoms with Gasteiger partial charge in [-0.25, -0.2) is 8.78 Å². The molecule has 1 aliphatic rings. The molecule has 1 aromatic heterocycles. The molecule has 1 aliphatic heterocycles. The summed E-state index contributed by atoms with van der Waals surface area (Å²) in [6, 6.07) is 6.90. The van der Waals surface area contributed by atoms with Crippen LogP contribution >= 0.6 is 11.3 Å². The van der Waals surface area contributed by atoms with Gasteiger partial charge in [0.05, 0.1) is 10.2 Å². The van der Waals surface area contributed by atoms with Gasteiger partial charge in [-0.05, 0) is 31.2 Å². The van der Waals surface area contributed by atoms with Crippen molar-refractivity contribution >= 4 is 27.5 Å². The number of hydrogen-bond acceptors (Lipinski definition) is 4. The summed E-state index contributed by atoms with van der Waals surface area (Å²) in [7, 11) is 0. The first kappa shape index (κ1) is 16.7. The Hall–Kier alpha value is -2.74. The number of hydrogen-bond donors (Lipinski definition) is 0. The first-order valence-corrected chi connectivity index (χ1v) is 8.85. The van der Waals surface area contributed by atoms with E-state index in [9.17, 15) is 13.6 Å². The first-order valence-electron chi connectivity index (χ1n) is 8.04. The number of benzene rings is 2. The topological polar surface area (TPSA) is 52.8 Å². The van der Waals surface area contributed by atoms with Crippen molar-refractivity contribution in [3.05, 3.63) is 52.3 Å². The summed E-state index contributed by atoms with van der Waals surface area (Å²) in [5.41, 5.74) is 0.577. The van der Waals surface area contributed by atoms with Crippen LogP contribution in [-0.4, -0.2) is 23.7 Å². The lowest BCUT2D eigenvalue weighted by Gasteiger charge is -2.18. The second-order valence-corrected chi connectivity index (χ2v) is 6.65. The highest BCUT2D eigenvalue weighted by Crippen LogP contribution is 2.31. The van der Waals surface area contributed by atoms with Gasteiger partial charge in [-0.2, -0.15) is 4.99 Å². The molecular weight excluding hydrogens is 362 g/mol. The second kappa shape index (κ2) is 6.53. The molecule has 5 nitrogen and oxygen atoms in total. The van der Waals surface area contributed by atoms with Crippen LogP contribution in [0.25, 0.3) is 10.2 Å². The molecule has 0 saturated heterocycles. The van der Waals surface area contributed by atoms with E-state index >= 15 is 0 Å². The largest absolute Gasteiger partial charge is 0.486 e. The highest BCUT2D eigenvalue weighted by molar-refractivity contribution is 7.16. The standard InChI is InChI=1S/C18H14F2N2O3S/c1-2-22-16-12(20)8-11(19)9-15(16)26-18(22)21-17(23)10-3-4-13-14(7-10)25-6-5-24-13/h3-4,7-9H,2,5-6H2,1H3. The summed E-state index contributed by atoms with van der Waals surface area (Å²) in [5.74, 6) is -0.756. The van der Waals surface area contributed by atoms with Crippen molar-refractivity contribution < 1.29 is 23.0 Å². The van der Waals surface area contributed by atoms with Crippen molar-refractivity contribution in [3.8, 4) is 11.5 Å². The van der Waals surface area contributed by atoms with Gasteiger partial charge in [0.1, 0.15) is 19.0 Å². The molecule has 0 radical (unpaired) electrons. The van der Waals surface area contributed by atoms with Crippen molar-refractivity contribution in [2.75, 3.05) is 13.2 Å². The van der Waals surface area contributed by atoms with Crippen LogP contribution < -0.4 is 14.3 Å². The Balaban J connectivity index is 1.81. The normalized spacial score (nSPS) is 14.0. The molecule has 0 spiro atoms. The third-order valence-electron chi connectivity index (χ3n) is 4.00. The molecule has 8 heteroatoms. The molecule has 4 rings (SSSR count). The summed E-state index contributed by atoms with van der Waals surface area (Å²) in [6.45, 7) is 3.09. The Morgan fingerprint density at radius 2 is 1.96 bits per heavy atom. The third-order valence-corrected chi connectivity index (χ3v) is 5.02. The zero-order chi connectivity index (χ0) is 18.3. The molecule has 134 valence electrons. The van der Waals surface area contributed by atoms with Crippen LogP contribution in [0.2, 0.25) is 0 Å². The van der Waals surface area contributed by atoms with Gasteiger partial charge in [-0.1, -0.05) is 11.3 Å². The molecule has 0 aliphatic carbocycles. The molecule has 0 N–H and O–H groups in total. The minimum Gasteiger partial charge on any atom is -0.486 e. The van der Waals surface area contributed by atoms with Gasteiger partial charge < -0.3 is 14.0 Å². The maximum absolute atomic E-state index is 14.1. The van der Waals surface area contributed by atoms with Gasteiger partial charge in [0.2, 0.25) is 0 Å². The molecule has 0 fully saturated rings. The SMILES string of the molecule is CCn1c(=NC(=O)c2ccc3c(c2)OCCO3)sc2cc(F)cc(F)c21. The van der Waals surface area contributed by atoms with E-state index in [-0.39, 0.29) is 5.52 Å². The van der Waals surface area contributed by atoms with Crippen molar-refractivity contribution in [2.45, 2.75) is 13.5 Å². The second-order valence-electron chi connectivity index (χ2n) is 5.64. The van der Waals surface area contributed by atoms with Gasteiger partial charge >= 0.3 is 0 Å². The van der Waals surface area contributed by atoms with Crippen molar-refractivity contribution in [2.24, 2.45) is 4.99 Å². The lowest BCUT2D eigenvalue weighted by Crippen LogP contribution is -2.17. The summed E-state index contributed by atoms with van der Waals surface area (Å²) < 4.78 is 40.5. The fourth-order valence-electron chi connectivity index (χ4n) is 2.84. The Morgan fingerprint density at radius 1 is 1.19 bits per heavy atom. The molecule has 26 heavy (non-hydrogen) atoms. The maximum atomic E-state index is 14.1. The first-order chi connectivity index (χ1) is 12.6. The zero-order valence-electron chi connectivity index (χ0n) is 13.8. The Bertz CT molecular complexity index is 1090. The van der Waals surface area contributed by atoms with E-state index in [0.29, 0.717) is 46.3 Å². The lowest BCUT2D eigenvalue weighted by atomic mass is 10.2. The quantitative estimate of drug-likeness (QED) is 0.688. The Morgan fingerprint density at radius 3 is 2.73 bits per heavy atom. The third kappa shape index (κ3) is 2.86. The molecule has 0 unspecified atom stereocenters. The van der Waals surface area contributed by atoms with E-state index in [2.05, 4.69) is 4.99 Å². The average molecular weight is 376 g/mol. The average Bonchev–Trinajstić information content (AvgIpc) is 2.98. The van der Waals surface area contributed by atoms with E-state index < -0.39 is 17.5 Å². The molecule has 2 heterocycles. The van der Waals surface area contributed by atoms with Crippen LogP contribution in [0.4, 0.5) is 8.78 Å². The van der Waals surface area contributed by atoms with E-state index in [1.54, 1.807) is 22.8 Å². The van der Waals surface area contributed by atoms with Crippen LogP contribution in [0.15, 0.2) is 35.3 Å². The predicted molar refractivity (Wildman–Crippen MR) is 92.7 cm³/mol. The molecule has 2 aromatic carbocycles. The number of fused-ring (bicyclic) bond motifs is 2. The maximum Gasteiger partial charge on any atom is 0.279 e. The highest BCUT2D eigenvalue weighted by atomic mass is 32.1. The van der Waals surface area contributed by atoms with Crippen LogP contribution in [-0.2, 0) is 6.54 Å². The lowest BCUT2D eigenvalue weighted by molar-refractivity contribution is 0.0996. The number of halogens is 2. The van der Waals surface area contributed by atoms with Gasteiger partial charge in [0.15, 0.2) is 22.1 Å². The molecule has 0 atom stereocenters. The summed E-state index contributed by atoms with van der Waals surface area (Å²) >= 11 is 1.07. The number of ether oxygens (including phenoxy) is 2. The summed E-state index contributed by atoms with van der Waals surface area (Å²) in [6.07, 6.45) is 0. The van der Waals surface area contributed by atoms with Crippen LogP contribution in [0, 0.1) is 11.6 Å². The van der Waals surface area contributed by atoms with E-state index in [1.165, 1.54) is 6.07 Å². The van der Waals surface area contributed by atoms with Gasteiger partial charge in [-0.3, -0.25) is 4.79 Å². The van der Waals surface area contributed by atoms with Crippen molar-refractivity contribution in [1.29, 1.82) is 0 Å². The number of aryl methyl sites for hydroxylation is 1. The number of thiazole rings is 1. The molecule has 1 amide bonds. The Kier molecular flexibility index (Phi) is 4.20. The van der Waals surface area contributed by atoms with Crippen LogP contribution in [0.5, 0.6) is 11.5 Å². The number of amides is 1. The number of carbonyl (C=O) groups is 1. The molecule has 0 bridgehead atoms. The number of aromatic nitrogens is 1. The summed E-state index contributed by atoms with van der Waals surface area (Å²) in [4.78, 5) is 17.0. The predicted octanol–water partition coefficient (Wildman–Crippen LogP) is 3.51. The minimum absolute atomic E-state index is 0.243. The van der Waals surface area contributed by atoms with Crippen molar-refractivity contribution in [3.63, 3.8) is 0 Å². The Labute approximate surface area is 151 Å². The van der Waals surface area contributed by atoms with Crippen LogP contribution in [0.3, 0.4) is 0 Å². The van der Waals surface area contributed by atoms with Crippen molar-refractivity contribution in [1.82, 2.24) is 4.57 Å². The molecule has 3 aromatic rings. The number of nitrogens with zero attached hydrogens (tertiary/aromatic N) is 2. The van der Waals surface area contributed by atoms with Crippen LogP contribution in [0.1, 0.15) is 17.3 Å². The highest BCUT2D eigenvalue weighted by Gasteiger charge is 2.16. The fourth-order valence-corrected chi connectivity index (χ4v) is 3.97. The number of carbonyl (C=O) groups excluding carboxylic acids is 1. The number of rotatable bonds is 2. The van der Waals surface area contributed by atoms with Gasteiger partial charge in [0.25, 0.3) is 5.91 Å². The van der Waals surface area contributed by atoms with E-state index in [1.807, 2.05) is 6.92 Å². The minimum atomic E-state index is -0.675. The fraction of sp³-hybridized carbons (Fsp3) is 0.222. The van der Waals surface area contributed by atoms with E-state index in [0.717, 1.165) is 17.4 Å². The van der Waals surface area contributed by atoms with Gasteiger partial charge in [0, 0.05) is 18.2 Å². The zero-order valence-corrected chi connectivity index (χ0v) is 14.6. The van der Waals surface area contributed by atoms with E-state index in [4.69, 9.17) is 9.47 Å². The molecular formula is C18H14F2N2O3S. The smallest absolute Gasteiger partial charge is 0.279 e. The monoisotopic (exact) mass is 376 g/mol. The van der Waals surface area contributed by atoms with Gasteiger partial charge in [-0.15, -0.1) is 0 Å². The molecule has 0 saturated carbocycles. The summed E-state index contributed by atoms with van der Waals surface area (Å²) in [5, 5.41) is 0.